The van der Waals surface area contributed by atoms with Gasteiger partial charge in [0.15, 0.2) is 11.5 Å². The Morgan fingerprint density at radius 3 is 2.50 bits per heavy atom. The fourth-order valence-corrected chi connectivity index (χ4v) is 3.22. The van der Waals surface area contributed by atoms with Crippen molar-refractivity contribution in [2.24, 2.45) is 0 Å². The van der Waals surface area contributed by atoms with Gasteiger partial charge in [-0.2, -0.15) is 4.98 Å². The fourth-order valence-electron chi connectivity index (χ4n) is 3.22. The Hall–Kier alpha value is -2.67. The number of fused-ring (bicyclic) bond motifs is 1. The van der Waals surface area contributed by atoms with Crippen molar-refractivity contribution >= 4 is 5.91 Å². The molecule has 2 aliphatic heterocycles. The first-order valence-electron chi connectivity index (χ1n) is 9.01. The maximum atomic E-state index is 13.1. The molecule has 0 aliphatic carbocycles. The molecule has 0 spiro atoms. The highest BCUT2D eigenvalue weighted by Crippen LogP contribution is 2.34. The number of carbonyl (C=O) groups is 1. The summed E-state index contributed by atoms with van der Waals surface area (Å²) in [5.74, 6) is 1.06. The van der Waals surface area contributed by atoms with Gasteiger partial charge in [0.2, 0.25) is 5.75 Å². The van der Waals surface area contributed by atoms with Crippen LogP contribution in [0.5, 0.6) is 11.6 Å². The lowest BCUT2D eigenvalue weighted by molar-refractivity contribution is 0.0626. The van der Waals surface area contributed by atoms with Crippen molar-refractivity contribution in [3.8, 4) is 23.0 Å². The first-order chi connectivity index (χ1) is 12.8. The Kier molecular flexibility index (Phi) is 4.71. The van der Waals surface area contributed by atoms with Crippen LogP contribution >= 0.6 is 0 Å². The lowest BCUT2D eigenvalue weighted by Gasteiger charge is -2.34. The number of nitrogens with zero attached hydrogens (tertiary/aromatic N) is 4. The maximum Gasteiger partial charge on any atom is 0.276 e. The van der Waals surface area contributed by atoms with E-state index in [1.807, 2.05) is 35.2 Å². The van der Waals surface area contributed by atoms with E-state index in [1.54, 1.807) is 0 Å². The summed E-state index contributed by atoms with van der Waals surface area (Å²) < 4.78 is 11.3. The van der Waals surface area contributed by atoms with Crippen molar-refractivity contribution in [1.29, 1.82) is 0 Å². The van der Waals surface area contributed by atoms with Crippen molar-refractivity contribution < 1.29 is 14.3 Å². The molecule has 26 heavy (non-hydrogen) atoms. The normalized spacial score (nSPS) is 17.2. The smallest absolute Gasteiger partial charge is 0.276 e. The van der Waals surface area contributed by atoms with E-state index in [9.17, 15) is 4.79 Å². The summed E-state index contributed by atoms with van der Waals surface area (Å²) in [6.45, 7) is 7.07. The molecule has 1 amide bonds. The van der Waals surface area contributed by atoms with Gasteiger partial charge in [0.1, 0.15) is 13.2 Å². The van der Waals surface area contributed by atoms with Crippen LogP contribution in [0.3, 0.4) is 0 Å². The summed E-state index contributed by atoms with van der Waals surface area (Å²) >= 11 is 0. The number of ether oxygens (including phenoxy) is 2. The highest BCUT2D eigenvalue weighted by atomic mass is 16.6. The van der Waals surface area contributed by atoms with Gasteiger partial charge in [0.05, 0.1) is 0 Å². The molecule has 0 saturated carbocycles. The predicted molar refractivity (Wildman–Crippen MR) is 96.5 cm³/mol. The summed E-state index contributed by atoms with van der Waals surface area (Å²) in [5.41, 5.74) is 1.13. The van der Waals surface area contributed by atoms with Gasteiger partial charge in [-0.15, -0.1) is 0 Å². The first-order valence-corrected chi connectivity index (χ1v) is 9.01. The molecule has 7 heteroatoms. The molecule has 2 aromatic rings. The van der Waals surface area contributed by atoms with Crippen molar-refractivity contribution in [2.75, 3.05) is 45.9 Å². The van der Waals surface area contributed by atoms with Crippen molar-refractivity contribution in [2.45, 2.75) is 6.92 Å². The third kappa shape index (κ3) is 3.22. The molecule has 7 nitrogen and oxygen atoms in total. The van der Waals surface area contributed by atoms with E-state index in [2.05, 4.69) is 21.8 Å². The second-order valence-corrected chi connectivity index (χ2v) is 6.32. The van der Waals surface area contributed by atoms with E-state index in [4.69, 9.17) is 9.47 Å². The largest absolute Gasteiger partial charge is 0.483 e. The van der Waals surface area contributed by atoms with Gasteiger partial charge < -0.3 is 19.3 Å². The van der Waals surface area contributed by atoms with Crippen LogP contribution in [0.2, 0.25) is 0 Å². The number of piperazine rings is 1. The summed E-state index contributed by atoms with van der Waals surface area (Å²) in [6, 6.07) is 9.60. The summed E-state index contributed by atoms with van der Waals surface area (Å²) in [5, 5.41) is 0. The standard InChI is InChI=1S/C19H22N4O3/c1-2-22-8-10-23(11-9-22)19(24)15-16-18(26-13-12-25-16)21-17(20-15)14-6-4-3-5-7-14/h3-7H,2,8-13H2,1H3. The molecule has 1 fully saturated rings. The number of carbonyl (C=O) groups excluding carboxylic acids is 1. The Labute approximate surface area is 152 Å². The van der Waals surface area contributed by atoms with Gasteiger partial charge >= 0.3 is 0 Å². The molecular weight excluding hydrogens is 332 g/mol. The molecule has 0 N–H and O–H groups in total. The summed E-state index contributed by atoms with van der Waals surface area (Å²) in [7, 11) is 0. The second-order valence-electron chi connectivity index (χ2n) is 6.32. The molecule has 136 valence electrons. The molecule has 3 heterocycles. The second kappa shape index (κ2) is 7.29. The zero-order valence-corrected chi connectivity index (χ0v) is 14.9. The quantitative estimate of drug-likeness (QED) is 0.836. The number of likely N-dealkylation sites (N-methyl/N-ethyl adjacent to an activating group) is 1. The molecule has 0 atom stereocenters. The van der Waals surface area contributed by atoms with E-state index in [-0.39, 0.29) is 5.91 Å². The van der Waals surface area contributed by atoms with Gasteiger partial charge in [-0.05, 0) is 6.54 Å². The van der Waals surface area contributed by atoms with Gasteiger partial charge in [-0.3, -0.25) is 4.79 Å². The number of rotatable bonds is 3. The van der Waals surface area contributed by atoms with Gasteiger partial charge in [0, 0.05) is 31.7 Å². The van der Waals surface area contributed by atoms with E-state index >= 15 is 0 Å². The van der Waals surface area contributed by atoms with Gasteiger partial charge in [-0.1, -0.05) is 37.3 Å². The summed E-state index contributed by atoms with van der Waals surface area (Å²) in [6.07, 6.45) is 0. The Bertz CT molecular complexity index is 789. The third-order valence-corrected chi connectivity index (χ3v) is 4.74. The Balaban J connectivity index is 1.69. The molecular formula is C19H22N4O3. The van der Waals surface area contributed by atoms with Crippen molar-refractivity contribution in [1.82, 2.24) is 19.8 Å². The minimum absolute atomic E-state index is 0.123. The van der Waals surface area contributed by atoms with Crippen LogP contribution in [-0.2, 0) is 0 Å². The molecule has 0 unspecified atom stereocenters. The monoisotopic (exact) mass is 354 g/mol. The Morgan fingerprint density at radius 1 is 1.04 bits per heavy atom. The number of hydrogen-bond acceptors (Lipinski definition) is 6. The van der Waals surface area contributed by atoms with Crippen molar-refractivity contribution in [3.63, 3.8) is 0 Å². The van der Waals surface area contributed by atoms with Crippen LogP contribution in [0.1, 0.15) is 17.4 Å². The summed E-state index contributed by atoms with van der Waals surface area (Å²) in [4.78, 5) is 26.3. The van der Waals surface area contributed by atoms with Crippen LogP contribution in [0.25, 0.3) is 11.4 Å². The van der Waals surface area contributed by atoms with Crippen LogP contribution < -0.4 is 9.47 Å². The van der Waals surface area contributed by atoms with Gasteiger partial charge in [0.25, 0.3) is 11.8 Å². The topological polar surface area (TPSA) is 67.8 Å². The van der Waals surface area contributed by atoms with Crippen LogP contribution in [0.4, 0.5) is 0 Å². The van der Waals surface area contributed by atoms with Gasteiger partial charge in [-0.25, -0.2) is 4.98 Å². The van der Waals surface area contributed by atoms with Crippen LogP contribution in [0.15, 0.2) is 30.3 Å². The fraction of sp³-hybridized carbons (Fsp3) is 0.421. The van der Waals surface area contributed by atoms with Crippen molar-refractivity contribution in [3.05, 3.63) is 36.0 Å². The van der Waals surface area contributed by atoms with Crippen LogP contribution in [-0.4, -0.2) is 71.6 Å². The molecule has 1 saturated heterocycles. The maximum absolute atomic E-state index is 13.1. The highest BCUT2D eigenvalue weighted by Gasteiger charge is 2.30. The number of hydrogen-bond donors (Lipinski definition) is 0. The minimum Gasteiger partial charge on any atom is -0.483 e. The van der Waals surface area contributed by atoms with E-state index < -0.39 is 0 Å². The SMILES string of the molecule is CCN1CCN(C(=O)c2nc(-c3ccccc3)nc3c2OCCO3)CC1. The lowest BCUT2D eigenvalue weighted by atomic mass is 10.2. The predicted octanol–water partition coefficient (Wildman–Crippen LogP) is 1.69. The number of aromatic nitrogens is 2. The Morgan fingerprint density at radius 2 is 1.77 bits per heavy atom. The average Bonchev–Trinajstić information content (AvgIpc) is 2.73. The van der Waals surface area contributed by atoms with Crippen LogP contribution in [0, 0.1) is 0 Å². The average molecular weight is 354 g/mol. The number of amides is 1. The minimum atomic E-state index is -0.123. The zero-order chi connectivity index (χ0) is 17.9. The molecule has 2 aliphatic rings. The lowest BCUT2D eigenvalue weighted by Crippen LogP contribution is -2.48. The highest BCUT2D eigenvalue weighted by molar-refractivity contribution is 5.96. The van der Waals surface area contributed by atoms with E-state index in [0.717, 1.165) is 25.2 Å². The first kappa shape index (κ1) is 16.8. The molecule has 4 rings (SSSR count). The van der Waals surface area contributed by atoms with E-state index in [0.29, 0.717) is 49.5 Å². The molecule has 0 radical (unpaired) electrons. The van der Waals surface area contributed by atoms with E-state index in [1.165, 1.54) is 0 Å². The zero-order valence-electron chi connectivity index (χ0n) is 14.9. The number of benzene rings is 1. The molecule has 0 bridgehead atoms. The molecule has 1 aromatic carbocycles. The third-order valence-electron chi connectivity index (χ3n) is 4.74. The molecule has 1 aromatic heterocycles.